The number of halogens is 1. The summed E-state index contributed by atoms with van der Waals surface area (Å²) >= 11 is 0. The highest BCUT2D eigenvalue weighted by atomic mass is 32.2. The number of piperidine rings is 1. The van der Waals surface area contributed by atoms with Crippen molar-refractivity contribution < 1.29 is 27.1 Å². The van der Waals surface area contributed by atoms with Gasteiger partial charge in [-0.25, -0.2) is 17.5 Å². The zero-order valence-electron chi connectivity index (χ0n) is 18.2. The number of carbonyl (C=O) groups is 2. The fourth-order valence-electron chi connectivity index (χ4n) is 4.20. The van der Waals surface area contributed by atoms with Crippen LogP contribution < -0.4 is 14.8 Å². The molecule has 2 saturated carbocycles. The third-order valence-corrected chi connectivity index (χ3v) is 8.10. The zero-order chi connectivity index (χ0) is 22.8. The molecule has 3 fully saturated rings. The van der Waals surface area contributed by atoms with Crippen LogP contribution in [0.15, 0.2) is 18.2 Å². The van der Waals surface area contributed by atoms with Crippen LogP contribution in [-0.4, -0.2) is 32.6 Å². The number of carbonyl (C=O) groups excluding carboxylic acids is 2. The first-order valence-electron chi connectivity index (χ1n) is 11.5. The molecule has 2 N–H and O–H groups in total. The Morgan fingerprint density at radius 2 is 1.91 bits per heavy atom. The molecule has 2 amide bonds. The van der Waals surface area contributed by atoms with E-state index in [1.54, 1.807) is 12.1 Å². The summed E-state index contributed by atoms with van der Waals surface area (Å²) < 4.78 is 47.9. The number of benzene rings is 1. The Labute approximate surface area is 188 Å². The molecule has 1 atom stereocenters. The highest BCUT2D eigenvalue weighted by Crippen LogP contribution is 2.47. The number of imide groups is 1. The van der Waals surface area contributed by atoms with Gasteiger partial charge in [0.1, 0.15) is 0 Å². The zero-order valence-corrected chi connectivity index (χ0v) is 19.0. The van der Waals surface area contributed by atoms with Gasteiger partial charge in [-0.15, -0.1) is 0 Å². The predicted octanol–water partition coefficient (Wildman–Crippen LogP) is 3.14. The Bertz CT molecular complexity index is 973. The summed E-state index contributed by atoms with van der Waals surface area (Å²) in [6.45, 7) is 0.498. The van der Waals surface area contributed by atoms with Crippen molar-refractivity contribution in [3.8, 4) is 5.75 Å². The molecule has 0 aromatic heterocycles. The monoisotopic (exact) mass is 466 g/mol. The standard InChI is InChI=1S/C23H31FN2O5S/c24-19-9-8-18(14-20(19)31-15-16-5-6-16)23(11-12-23)26-32(29,30)13-3-1-2-4-17-7-10-21(27)25-22(17)28/h8-9,14,16-17,26H,1-7,10-13,15H2,(H,25,27,28). The number of unbranched alkanes of at least 4 members (excludes halogenated alkanes) is 2. The number of nitrogens with one attached hydrogen (secondary N) is 2. The molecule has 1 saturated heterocycles. The average Bonchev–Trinajstić information content (AvgIpc) is 3.65. The molecule has 1 aromatic rings. The van der Waals surface area contributed by atoms with E-state index < -0.39 is 21.4 Å². The van der Waals surface area contributed by atoms with Crippen LogP contribution in [0.5, 0.6) is 5.75 Å². The van der Waals surface area contributed by atoms with Gasteiger partial charge in [-0.2, -0.15) is 0 Å². The summed E-state index contributed by atoms with van der Waals surface area (Å²) in [6.07, 6.45) is 7.11. The van der Waals surface area contributed by atoms with Gasteiger partial charge in [0, 0.05) is 12.3 Å². The Kier molecular flexibility index (Phi) is 6.86. The summed E-state index contributed by atoms with van der Waals surface area (Å²) in [7, 11) is -3.50. The van der Waals surface area contributed by atoms with Gasteiger partial charge in [0.25, 0.3) is 0 Å². The van der Waals surface area contributed by atoms with Crippen molar-refractivity contribution in [1.82, 2.24) is 10.0 Å². The van der Waals surface area contributed by atoms with E-state index in [0.29, 0.717) is 57.5 Å². The molecule has 3 aliphatic rings. The van der Waals surface area contributed by atoms with E-state index in [-0.39, 0.29) is 29.2 Å². The van der Waals surface area contributed by atoms with Gasteiger partial charge >= 0.3 is 0 Å². The van der Waals surface area contributed by atoms with Crippen LogP contribution >= 0.6 is 0 Å². The Morgan fingerprint density at radius 3 is 2.59 bits per heavy atom. The lowest BCUT2D eigenvalue weighted by atomic mass is 9.92. The highest BCUT2D eigenvalue weighted by Gasteiger charge is 2.47. The maximum absolute atomic E-state index is 14.1. The summed E-state index contributed by atoms with van der Waals surface area (Å²) in [4.78, 5) is 23.0. The van der Waals surface area contributed by atoms with Crippen LogP contribution in [0.1, 0.15) is 69.8 Å². The highest BCUT2D eigenvalue weighted by molar-refractivity contribution is 7.89. The van der Waals surface area contributed by atoms with Crippen molar-refractivity contribution in [2.24, 2.45) is 11.8 Å². The van der Waals surface area contributed by atoms with E-state index in [0.717, 1.165) is 24.8 Å². The van der Waals surface area contributed by atoms with Gasteiger partial charge in [0.2, 0.25) is 21.8 Å². The van der Waals surface area contributed by atoms with Crippen LogP contribution in [0, 0.1) is 17.7 Å². The molecule has 1 unspecified atom stereocenters. The van der Waals surface area contributed by atoms with E-state index in [1.165, 1.54) is 6.07 Å². The Hall–Kier alpha value is -2.00. The maximum atomic E-state index is 14.1. The van der Waals surface area contributed by atoms with Crippen molar-refractivity contribution in [2.45, 2.75) is 69.7 Å². The summed E-state index contributed by atoms with van der Waals surface area (Å²) in [6, 6.07) is 4.61. The van der Waals surface area contributed by atoms with Crippen LogP contribution in [-0.2, 0) is 25.2 Å². The van der Waals surface area contributed by atoms with Crippen LogP contribution in [0.2, 0.25) is 0 Å². The van der Waals surface area contributed by atoms with Crippen molar-refractivity contribution in [2.75, 3.05) is 12.4 Å². The molecular formula is C23H31FN2O5S. The van der Waals surface area contributed by atoms with E-state index >= 15 is 0 Å². The van der Waals surface area contributed by atoms with Crippen LogP contribution in [0.25, 0.3) is 0 Å². The first-order chi connectivity index (χ1) is 15.3. The minimum absolute atomic E-state index is 0.0102. The maximum Gasteiger partial charge on any atom is 0.229 e. The molecule has 2 aliphatic carbocycles. The minimum atomic E-state index is -3.50. The second-order valence-electron chi connectivity index (χ2n) is 9.40. The molecule has 1 aromatic carbocycles. The normalized spacial score (nSPS) is 22.5. The largest absolute Gasteiger partial charge is 0.490 e. The quantitative estimate of drug-likeness (QED) is 0.364. The van der Waals surface area contributed by atoms with E-state index in [1.807, 2.05) is 0 Å². The summed E-state index contributed by atoms with van der Waals surface area (Å²) in [5.74, 6) is -0.326. The molecule has 32 heavy (non-hydrogen) atoms. The SMILES string of the molecule is O=C1CCC(CCCCCS(=O)(=O)NC2(c3ccc(F)c(OCC4CC4)c3)CC2)C(=O)N1. The van der Waals surface area contributed by atoms with Crippen LogP contribution in [0.3, 0.4) is 0 Å². The number of hydrogen-bond donors (Lipinski definition) is 2. The molecule has 7 nitrogen and oxygen atoms in total. The molecule has 0 radical (unpaired) electrons. The van der Waals surface area contributed by atoms with Gasteiger partial charge in [0.05, 0.1) is 17.9 Å². The summed E-state index contributed by atoms with van der Waals surface area (Å²) in [5, 5.41) is 2.35. The number of sulfonamides is 1. The predicted molar refractivity (Wildman–Crippen MR) is 117 cm³/mol. The van der Waals surface area contributed by atoms with E-state index in [4.69, 9.17) is 4.74 Å². The average molecular weight is 467 g/mol. The third-order valence-electron chi connectivity index (χ3n) is 6.58. The molecule has 4 rings (SSSR count). The number of ether oxygens (including phenoxy) is 1. The number of rotatable bonds is 12. The lowest BCUT2D eigenvalue weighted by Crippen LogP contribution is -2.40. The van der Waals surface area contributed by atoms with Crippen molar-refractivity contribution in [1.29, 1.82) is 0 Å². The molecule has 0 bridgehead atoms. The lowest BCUT2D eigenvalue weighted by Gasteiger charge is -2.21. The molecule has 0 spiro atoms. The fourth-order valence-corrected chi connectivity index (χ4v) is 5.80. The van der Waals surface area contributed by atoms with E-state index in [9.17, 15) is 22.4 Å². The van der Waals surface area contributed by atoms with Gasteiger partial charge in [-0.05, 0) is 68.6 Å². The third kappa shape index (κ3) is 6.07. The fraction of sp³-hybridized carbons (Fsp3) is 0.652. The molecule has 1 aliphatic heterocycles. The molecule has 1 heterocycles. The van der Waals surface area contributed by atoms with E-state index in [2.05, 4.69) is 10.0 Å². The lowest BCUT2D eigenvalue weighted by molar-refractivity contribution is -0.136. The Morgan fingerprint density at radius 1 is 1.12 bits per heavy atom. The van der Waals surface area contributed by atoms with Gasteiger partial charge in [-0.3, -0.25) is 14.9 Å². The van der Waals surface area contributed by atoms with Crippen LogP contribution in [0.4, 0.5) is 4.39 Å². The van der Waals surface area contributed by atoms with Gasteiger partial charge < -0.3 is 4.74 Å². The van der Waals surface area contributed by atoms with Crippen molar-refractivity contribution in [3.63, 3.8) is 0 Å². The first kappa shape index (κ1) is 23.2. The van der Waals surface area contributed by atoms with Crippen molar-refractivity contribution >= 4 is 21.8 Å². The second kappa shape index (κ2) is 9.47. The number of hydrogen-bond acceptors (Lipinski definition) is 5. The molecule has 176 valence electrons. The van der Waals surface area contributed by atoms with Gasteiger partial charge in [-0.1, -0.05) is 18.9 Å². The second-order valence-corrected chi connectivity index (χ2v) is 11.2. The Balaban J connectivity index is 1.24. The molecular weight excluding hydrogens is 435 g/mol. The first-order valence-corrected chi connectivity index (χ1v) is 13.2. The smallest absolute Gasteiger partial charge is 0.229 e. The van der Waals surface area contributed by atoms with Crippen molar-refractivity contribution in [3.05, 3.63) is 29.6 Å². The molecule has 9 heteroatoms. The number of amides is 2. The minimum Gasteiger partial charge on any atom is -0.490 e. The van der Waals surface area contributed by atoms with Gasteiger partial charge in [0.15, 0.2) is 11.6 Å². The summed E-state index contributed by atoms with van der Waals surface area (Å²) in [5.41, 5.74) is 0.0721. The topological polar surface area (TPSA) is 102 Å².